The smallest absolute Gasteiger partial charge is 0.139 e. The topological polar surface area (TPSA) is 56.0 Å². The van der Waals surface area contributed by atoms with E-state index >= 15 is 0 Å². The van der Waals surface area contributed by atoms with Crippen LogP contribution in [-0.2, 0) is 11.2 Å². The lowest BCUT2D eigenvalue weighted by Gasteiger charge is -2.40. The number of hydrogen-bond donors (Lipinski definition) is 1. The molecule has 92 valence electrons. The number of halogens is 1. The maximum Gasteiger partial charge on any atom is 0.139 e. The zero-order valence-corrected chi connectivity index (χ0v) is 11.4. The Balaban J connectivity index is 1.91. The zero-order chi connectivity index (χ0) is 12.3. The number of nitrogens with zero attached hydrogens (tertiary/aromatic N) is 1. The van der Waals surface area contributed by atoms with Crippen LogP contribution in [0, 0.1) is 5.41 Å². The Labute approximate surface area is 110 Å². The number of hydrogen-bond acceptors (Lipinski definition) is 3. The fourth-order valence-electron chi connectivity index (χ4n) is 2.32. The summed E-state index contributed by atoms with van der Waals surface area (Å²) < 4.78 is 0.936. The molecular weight excluding hydrogens is 280 g/mol. The van der Waals surface area contributed by atoms with E-state index in [0.29, 0.717) is 19.4 Å². The first-order valence-corrected chi connectivity index (χ1v) is 6.75. The van der Waals surface area contributed by atoms with Crippen LogP contribution in [0.15, 0.2) is 22.8 Å². The van der Waals surface area contributed by atoms with Gasteiger partial charge in [-0.25, -0.2) is 0 Å². The lowest BCUT2D eigenvalue weighted by atomic mass is 9.66. The molecule has 0 radical (unpaired) electrons. The van der Waals surface area contributed by atoms with Gasteiger partial charge < -0.3 is 5.73 Å². The molecule has 0 bridgehead atoms. The van der Waals surface area contributed by atoms with Crippen LogP contribution in [0.25, 0.3) is 0 Å². The SMILES string of the molecule is NCC1(CC(=O)Cc2ccc(Br)cn2)CCC1. The number of carbonyl (C=O) groups excluding carboxylic acids is 1. The third kappa shape index (κ3) is 3.13. The highest BCUT2D eigenvalue weighted by atomic mass is 79.9. The molecule has 1 aromatic rings. The van der Waals surface area contributed by atoms with Crippen LogP contribution in [0.4, 0.5) is 0 Å². The lowest BCUT2D eigenvalue weighted by molar-refractivity contribution is -0.122. The van der Waals surface area contributed by atoms with Crippen molar-refractivity contribution in [2.45, 2.75) is 32.1 Å². The van der Waals surface area contributed by atoms with Crippen molar-refractivity contribution < 1.29 is 4.79 Å². The van der Waals surface area contributed by atoms with Gasteiger partial charge in [0.05, 0.1) is 0 Å². The van der Waals surface area contributed by atoms with Gasteiger partial charge in [-0.2, -0.15) is 0 Å². The minimum absolute atomic E-state index is 0.104. The molecule has 2 N–H and O–H groups in total. The predicted octanol–water partition coefficient (Wildman–Crippen LogP) is 2.47. The third-order valence-electron chi connectivity index (χ3n) is 3.59. The second-order valence-corrected chi connectivity index (χ2v) is 5.83. The Kier molecular flexibility index (Phi) is 3.94. The summed E-state index contributed by atoms with van der Waals surface area (Å²) >= 11 is 3.33. The highest BCUT2D eigenvalue weighted by molar-refractivity contribution is 9.10. The summed E-state index contributed by atoms with van der Waals surface area (Å²) in [5.74, 6) is 0.255. The summed E-state index contributed by atoms with van der Waals surface area (Å²) in [6, 6.07) is 3.80. The number of Topliss-reactive ketones (excluding diaryl/α,β-unsaturated/α-hetero) is 1. The van der Waals surface area contributed by atoms with Gasteiger partial charge in [0.25, 0.3) is 0 Å². The average molecular weight is 297 g/mol. The number of pyridine rings is 1. The molecule has 4 heteroatoms. The number of nitrogens with two attached hydrogens (primary N) is 1. The van der Waals surface area contributed by atoms with Crippen LogP contribution in [0.3, 0.4) is 0 Å². The molecule has 0 amide bonds. The third-order valence-corrected chi connectivity index (χ3v) is 4.06. The molecule has 3 nitrogen and oxygen atoms in total. The molecule has 1 fully saturated rings. The Hall–Kier alpha value is -0.740. The molecule has 0 saturated heterocycles. The molecule has 0 aromatic carbocycles. The summed E-state index contributed by atoms with van der Waals surface area (Å²) in [4.78, 5) is 16.2. The molecular formula is C13H17BrN2O. The minimum atomic E-state index is 0.104. The average Bonchev–Trinajstić information content (AvgIpc) is 2.27. The Bertz CT molecular complexity index is 393. The molecule has 1 saturated carbocycles. The second-order valence-electron chi connectivity index (χ2n) is 4.92. The largest absolute Gasteiger partial charge is 0.330 e. The molecule has 1 aromatic heterocycles. The minimum Gasteiger partial charge on any atom is -0.330 e. The summed E-state index contributed by atoms with van der Waals surface area (Å²) in [6.45, 7) is 0.631. The predicted molar refractivity (Wildman–Crippen MR) is 70.6 cm³/mol. The van der Waals surface area contributed by atoms with E-state index in [9.17, 15) is 4.79 Å². The van der Waals surface area contributed by atoms with Crippen molar-refractivity contribution in [3.05, 3.63) is 28.5 Å². The summed E-state index contributed by atoms with van der Waals surface area (Å²) in [7, 11) is 0. The van der Waals surface area contributed by atoms with Gasteiger partial charge in [0, 0.05) is 29.2 Å². The van der Waals surface area contributed by atoms with Gasteiger partial charge in [-0.05, 0) is 52.9 Å². The van der Waals surface area contributed by atoms with Crippen LogP contribution >= 0.6 is 15.9 Å². The number of rotatable bonds is 5. The molecule has 1 aliphatic rings. The molecule has 0 aliphatic heterocycles. The Morgan fingerprint density at radius 3 is 2.71 bits per heavy atom. The van der Waals surface area contributed by atoms with Gasteiger partial charge in [0.2, 0.25) is 0 Å². The Morgan fingerprint density at radius 2 is 2.24 bits per heavy atom. The van der Waals surface area contributed by atoms with Crippen LogP contribution < -0.4 is 5.73 Å². The van der Waals surface area contributed by atoms with E-state index in [1.54, 1.807) is 6.20 Å². The first-order valence-electron chi connectivity index (χ1n) is 5.96. The van der Waals surface area contributed by atoms with Crippen molar-refractivity contribution in [3.63, 3.8) is 0 Å². The second kappa shape index (κ2) is 5.27. The maximum atomic E-state index is 12.0. The Morgan fingerprint density at radius 1 is 1.47 bits per heavy atom. The van der Waals surface area contributed by atoms with E-state index in [4.69, 9.17) is 5.73 Å². The van der Waals surface area contributed by atoms with E-state index in [1.807, 2.05) is 12.1 Å². The zero-order valence-electron chi connectivity index (χ0n) is 9.79. The van der Waals surface area contributed by atoms with Gasteiger partial charge in [-0.1, -0.05) is 6.42 Å². The summed E-state index contributed by atoms with van der Waals surface area (Å²) in [5, 5.41) is 0. The highest BCUT2D eigenvalue weighted by Crippen LogP contribution is 2.43. The van der Waals surface area contributed by atoms with E-state index < -0.39 is 0 Å². The number of aromatic nitrogens is 1. The van der Waals surface area contributed by atoms with Crippen LogP contribution in [0.5, 0.6) is 0 Å². The van der Waals surface area contributed by atoms with Crippen molar-refractivity contribution in [1.82, 2.24) is 4.98 Å². The maximum absolute atomic E-state index is 12.0. The van der Waals surface area contributed by atoms with Gasteiger partial charge in [0.1, 0.15) is 5.78 Å². The van der Waals surface area contributed by atoms with Crippen molar-refractivity contribution in [3.8, 4) is 0 Å². The molecule has 2 rings (SSSR count). The van der Waals surface area contributed by atoms with Gasteiger partial charge in [-0.3, -0.25) is 9.78 Å². The summed E-state index contributed by atoms with van der Waals surface area (Å²) in [6.07, 6.45) is 6.17. The monoisotopic (exact) mass is 296 g/mol. The first kappa shape index (κ1) is 12.7. The van der Waals surface area contributed by atoms with Crippen LogP contribution in [-0.4, -0.2) is 17.3 Å². The van der Waals surface area contributed by atoms with Crippen LogP contribution in [0.1, 0.15) is 31.4 Å². The van der Waals surface area contributed by atoms with E-state index in [2.05, 4.69) is 20.9 Å². The highest BCUT2D eigenvalue weighted by Gasteiger charge is 2.37. The normalized spacial score (nSPS) is 17.5. The van der Waals surface area contributed by atoms with Crippen molar-refractivity contribution >= 4 is 21.7 Å². The number of ketones is 1. The first-order chi connectivity index (χ1) is 8.13. The van der Waals surface area contributed by atoms with E-state index in [-0.39, 0.29) is 11.2 Å². The fourth-order valence-corrected chi connectivity index (χ4v) is 2.56. The fraction of sp³-hybridized carbons (Fsp3) is 0.538. The van der Waals surface area contributed by atoms with Crippen molar-refractivity contribution in [1.29, 1.82) is 0 Å². The molecule has 1 heterocycles. The standard InChI is InChI=1S/C13H17BrN2O/c14-10-2-3-11(16-8-10)6-12(17)7-13(9-15)4-1-5-13/h2-3,8H,1,4-7,9,15H2. The summed E-state index contributed by atoms with van der Waals surface area (Å²) in [5.41, 5.74) is 6.70. The molecule has 0 spiro atoms. The van der Waals surface area contributed by atoms with Crippen LogP contribution in [0.2, 0.25) is 0 Å². The lowest BCUT2D eigenvalue weighted by Crippen LogP contribution is -2.39. The molecule has 17 heavy (non-hydrogen) atoms. The van der Waals surface area contributed by atoms with Crippen molar-refractivity contribution in [2.24, 2.45) is 11.1 Å². The quantitative estimate of drug-likeness (QED) is 0.908. The van der Waals surface area contributed by atoms with Crippen molar-refractivity contribution in [2.75, 3.05) is 6.54 Å². The van der Waals surface area contributed by atoms with Gasteiger partial charge >= 0.3 is 0 Å². The van der Waals surface area contributed by atoms with Gasteiger partial charge in [-0.15, -0.1) is 0 Å². The van der Waals surface area contributed by atoms with E-state index in [0.717, 1.165) is 23.0 Å². The van der Waals surface area contributed by atoms with E-state index in [1.165, 1.54) is 6.42 Å². The molecule has 0 unspecified atom stereocenters. The molecule has 1 aliphatic carbocycles. The molecule has 0 atom stereocenters. The van der Waals surface area contributed by atoms with Gasteiger partial charge in [0.15, 0.2) is 0 Å². The number of carbonyl (C=O) groups is 1.